The lowest BCUT2D eigenvalue weighted by molar-refractivity contribution is 0.195. The van der Waals surface area contributed by atoms with Crippen LogP contribution in [-0.4, -0.2) is 55.2 Å². The van der Waals surface area contributed by atoms with E-state index in [0.717, 1.165) is 57.9 Å². The maximum atomic E-state index is 14.6. The summed E-state index contributed by atoms with van der Waals surface area (Å²) in [5, 5.41) is 6.85. The molecule has 1 aromatic heterocycles. The van der Waals surface area contributed by atoms with E-state index in [0.29, 0.717) is 11.6 Å². The van der Waals surface area contributed by atoms with Crippen molar-refractivity contribution in [2.75, 3.05) is 33.2 Å². The van der Waals surface area contributed by atoms with Crippen molar-refractivity contribution < 1.29 is 17.9 Å². The van der Waals surface area contributed by atoms with Crippen LogP contribution in [0.25, 0.3) is 0 Å². The van der Waals surface area contributed by atoms with Gasteiger partial charge in [0.15, 0.2) is 11.6 Å². The molecule has 2 aliphatic rings. The minimum atomic E-state index is -0.759. The lowest BCUT2D eigenvalue weighted by Crippen LogP contribution is -2.44. The van der Waals surface area contributed by atoms with E-state index >= 15 is 0 Å². The highest BCUT2D eigenvalue weighted by Crippen LogP contribution is 2.46. The fourth-order valence-electron chi connectivity index (χ4n) is 4.51. The van der Waals surface area contributed by atoms with Gasteiger partial charge in [-0.25, -0.2) is 13.8 Å². The van der Waals surface area contributed by atoms with Crippen molar-refractivity contribution in [3.8, 4) is 5.75 Å². The lowest BCUT2D eigenvalue weighted by Gasteiger charge is -2.32. The summed E-state index contributed by atoms with van der Waals surface area (Å²) >= 11 is 0. The Morgan fingerprint density at radius 2 is 1.97 bits per heavy atom. The van der Waals surface area contributed by atoms with Crippen LogP contribution in [0, 0.1) is 17.6 Å². The number of nitrogens with zero attached hydrogens (tertiary/aromatic N) is 2. The molecule has 1 saturated carbocycles. The highest BCUT2D eigenvalue weighted by atomic mass is 35.5. The topological polar surface area (TPSA) is 49.4 Å². The minimum Gasteiger partial charge on any atom is -0.485 e. The van der Waals surface area contributed by atoms with E-state index in [9.17, 15) is 13.2 Å². The third-order valence-electron chi connectivity index (χ3n) is 6.37. The normalized spacial score (nSPS) is 21.0. The zero-order valence-corrected chi connectivity index (χ0v) is 19.6. The molecule has 0 radical (unpaired) electrons. The first kappa shape index (κ1) is 25.7. The molecule has 5 nitrogen and oxygen atoms in total. The molecule has 2 atom stereocenters. The van der Waals surface area contributed by atoms with E-state index in [-0.39, 0.29) is 42.3 Å². The summed E-state index contributed by atoms with van der Waals surface area (Å²) in [6.45, 7) is 4.12. The van der Waals surface area contributed by atoms with Gasteiger partial charge >= 0.3 is 0 Å². The molecule has 1 aliphatic carbocycles. The van der Waals surface area contributed by atoms with Gasteiger partial charge in [0, 0.05) is 41.4 Å². The van der Waals surface area contributed by atoms with Crippen LogP contribution in [-0.2, 0) is 6.61 Å². The van der Waals surface area contributed by atoms with Crippen LogP contribution in [0.4, 0.5) is 13.2 Å². The summed E-state index contributed by atoms with van der Waals surface area (Å²) in [4.78, 5) is 6.08. The van der Waals surface area contributed by atoms with Gasteiger partial charge in [0.25, 0.3) is 0 Å². The van der Waals surface area contributed by atoms with E-state index in [1.54, 1.807) is 6.07 Å². The number of aromatic nitrogens is 1. The number of pyridine rings is 1. The van der Waals surface area contributed by atoms with Crippen molar-refractivity contribution >= 4 is 12.4 Å². The number of ether oxygens (including phenoxy) is 1. The molecule has 9 heteroatoms. The van der Waals surface area contributed by atoms with Gasteiger partial charge in [-0.15, -0.1) is 12.4 Å². The average molecular weight is 485 g/mol. The summed E-state index contributed by atoms with van der Waals surface area (Å²) < 4.78 is 48.0. The summed E-state index contributed by atoms with van der Waals surface area (Å²) in [6.07, 6.45) is 5.45. The quantitative estimate of drug-likeness (QED) is 0.394. The Hall–Kier alpha value is -1.87. The fourth-order valence-corrected chi connectivity index (χ4v) is 4.51. The van der Waals surface area contributed by atoms with Gasteiger partial charge in [0.1, 0.15) is 12.4 Å². The van der Waals surface area contributed by atoms with Gasteiger partial charge in [0.05, 0.1) is 0 Å². The first-order valence-corrected chi connectivity index (χ1v) is 11.4. The predicted molar refractivity (Wildman–Crippen MR) is 124 cm³/mol. The molecule has 2 fully saturated rings. The number of benzene rings is 1. The van der Waals surface area contributed by atoms with Crippen molar-refractivity contribution in [2.24, 2.45) is 0 Å². The highest BCUT2D eigenvalue weighted by molar-refractivity contribution is 5.85. The van der Waals surface area contributed by atoms with E-state index in [1.165, 1.54) is 18.3 Å². The first-order valence-electron chi connectivity index (χ1n) is 11.4. The van der Waals surface area contributed by atoms with Gasteiger partial charge in [-0.05, 0) is 77.1 Å². The Balaban J connectivity index is 0.00000306. The fraction of sp³-hybridized carbons (Fsp3) is 0.542. The van der Waals surface area contributed by atoms with E-state index in [1.807, 2.05) is 7.05 Å². The van der Waals surface area contributed by atoms with Crippen molar-refractivity contribution in [2.45, 2.75) is 50.3 Å². The van der Waals surface area contributed by atoms with Crippen LogP contribution in [0.1, 0.15) is 42.7 Å². The number of nitrogens with one attached hydrogen (secondary N) is 2. The Labute approximate surface area is 199 Å². The van der Waals surface area contributed by atoms with E-state index in [4.69, 9.17) is 4.74 Å². The van der Waals surface area contributed by atoms with Crippen LogP contribution < -0.4 is 15.4 Å². The molecule has 2 N–H and O–H groups in total. The lowest BCUT2D eigenvalue weighted by atomic mass is 10.0. The molecule has 33 heavy (non-hydrogen) atoms. The third-order valence-corrected chi connectivity index (χ3v) is 6.37. The largest absolute Gasteiger partial charge is 0.485 e. The Bertz CT molecular complexity index is 911. The predicted octanol–water partition coefficient (Wildman–Crippen LogP) is 4.02. The third kappa shape index (κ3) is 6.82. The number of piperidine rings is 1. The van der Waals surface area contributed by atoms with Gasteiger partial charge in [0.2, 0.25) is 5.95 Å². The van der Waals surface area contributed by atoms with Crippen molar-refractivity contribution in [3.63, 3.8) is 0 Å². The summed E-state index contributed by atoms with van der Waals surface area (Å²) in [5.74, 6) is -2.05. The zero-order chi connectivity index (χ0) is 22.5. The summed E-state index contributed by atoms with van der Waals surface area (Å²) in [6, 6.07) is 5.88. The number of hydrogen-bond donors (Lipinski definition) is 2. The van der Waals surface area contributed by atoms with Crippen LogP contribution in [0.2, 0.25) is 0 Å². The Kier molecular flexibility index (Phi) is 9.37. The van der Waals surface area contributed by atoms with Crippen molar-refractivity contribution in [1.29, 1.82) is 0 Å². The molecule has 0 unspecified atom stereocenters. The van der Waals surface area contributed by atoms with Gasteiger partial charge in [-0.3, -0.25) is 0 Å². The van der Waals surface area contributed by atoms with Crippen LogP contribution in [0.3, 0.4) is 0 Å². The molecule has 4 rings (SSSR count). The summed E-state index contributed by atoms with van der Waals surface area (Å²) in [7, 11) is 1.97. The molecule has 0 bridgehead atoms. The second kappa shape index (κ2) is 12.0. The molecular formula is C24H32ClF3N4O. The monoisotopic (exact) mass is 484 g/mol. The molecular weight excluding hydrogens is 453 g/mol. The summed E-state index contributed by atoms with van der Waals surface area (Å²) in [5.41, 5.74) is 0.739. The number of likely N-dealkylation sites (tertiary alicyclic amines) is 1. The Morgan fingerprint density at radius 3 is 2.70 bits per heavy atom. The smallest absolute Gasteiger partial charge is 0.219 e. The minimum absolute atomic E-state index is 0. The van der Waals surface area contributed by atoms with E-state index in [2.05, 4.69) is 20.5 Å². The molecule has 2 heterocycles. The molecule has 0 amide bonds. The van der Waals surface area contributed by atoms with Crippen molar-refractivity contribution in [3.05, 3.63) is 59.2 Å². The highest BCUT2D eigenvalue weighted by Gasteiger charge is 2.42. The SMILES string of the molecule is CNCCCN1CCC(N[C@@H]2C[C@H]2c2cc(F)cc(F)c2OCc2cccnc2F)CC1.Cl. The molecule has 0 spiro atoms. The molecule has 2 aromatic rings. The van der Waals surface area contributed by atoms with Gasteiger partial charge < -0.3 is 20.3 Å². The number of halogens is 4. The molecule has 1 aliphatic heterocycles. The first-order chi connectivity index (χ1) is 15.5. The molecule has 182 valence electrons. The zero-order valence-electron chi connectivity index (χ0n) is 18.8. The Morgan fingerprint density at radius 1 is 1.18 bits per heavy atom. The number of rotatable bonds is 10. The standard InChI is InChI=1S/C24H31F3N4O.ClH/c1-28-7-3-9-31-10-5-18(6-11-31)30-22-14-19(22)20-12-17(25)13-21(26)23(20)32-15-16-4-2-8-29-24(16)27;/h2,4,8,12-13,18-19,22,28,30H,3,5-7,9-11,14-15H2,1H3;1H/t19-,22+;/m0./s1. The van der Waals surface area contributed by atoms with Gasteiger partial charge in [-0.2, -0.15) is 4.39 Å². The van der Waals surface area contributed by atoms with Crippen molar-refractivity contribution in [1.82, 2.24) is 20.5 Å². The second-order valence-corrected chi connectivity index (χ2v) is 8.74. The molecule has 1 aromatic carbocycles. The molecule has 1 saturated heterocycles. The van der Waals surface area contributed by atoms with Crippen LogP contribution in [0.5, 0.6) is 5.75 Å². The number of hydrogen-bond acceptors (Lipinski definition) is 5. The van der Waals surface area contributed by atoms with Crippen LogP contribution in [0.15, 0.2) is 30.5 Å². The average Bonchev–Trinajstić information content (AvgIpc) is 3.54. The second-order valence-electron chi connectivity index (χ2n) is 8.74. The van der Waals surface area contributed by atoms with E-state index < -0.39 is 17.6 Å². The van der Waals surface area contributed by atoms with Gasteiger partial charge in [-0.1, -0.05) is 0 Å². The maximum Gasteiger partial charge on any atom is 0.219 e. The van der Waals surface area contributed by atoms with Crippen LogP contribution >= 0.6 is 12.4 Å². The maximum absolute atomic E-state index is 14.6.